The van der Waals surface area contributed by atoms with Crippen LogP contribution in [0.5, 0.6) is 11.5 Å². The molecule has 2 nitrogen and oxygen atoms in total. The van der Waals surface area contributed by atoms with Crippen molar-refractivity contribution in [3.05, 3.63) is 59.2 Å². The quantitative estimate of drug-likeness (QED) is 0.768. The third-order valence-electron chi connectivity index (χ3n) is 4.49. The molecule has 0 spiro atoms. The van der Waals surface area contributed by atoms with Crippen LogP contribution in [0.25, 0.3) is 11.1 Å². The van der Waals surface area contributed by atoms with Gasteiger partial charge in [0.05, 0.1) is 0 Å². The van der Waals surface area contributed by atoms with Crippen LogP contribution in [0.15, 0.2) is 42.5 Å². The van der Waals surface area contributed by atoms with Crippen LogP contribution in [0.4, 0.5) is 0 Å². The number of fused-ring (bicyclic) bond motifs is 4. The number of aryl methyl sites for hydroxylation is 1. The maximum atomic E-state index is 6.23. The maximum Gasteiger partial charge on any atom is 0.135 e. The van der Waals surface area contributed by atoms with E-state index in [-0.39, 0.29) is 6.04 Å². The molecule has 0 radical (unpaired) electrons. The van der Waals surface area contributed by atoms with Gasteiger partial charge in [-0.25, -0.2) is 0 Å². The Kier molecular flexibility index (Phi) is 2.86. The lowest BCUT2D eigenvalue weighted by Crippen LogP contribution is -2.23. The molecule has 4 rings (SSSR count). The summed E-state index contributed by atoms with van der Waals surface area (Å²) in [6.45, 7) is 2.10. The Hall–Kier alpha value is -2.06. The molecule has 2 heteroatoms. The molecule has 2 aromatic carbocycles. The standard InChI is InChI=1S/C19H19NO/c1-12-6-8-16-17-11-13(20)7-9-14(17)15-4-2-3-5-18(15)21-19(16)10-12/h2-6,8,10,13H,7,9,11,20H2,1H3. The van der Waals surface area contributed by atoms with E-state index >= 15 is 0 Å². The fourth-order valence-electron chi connectivity index (χ4n) is 3.42. The first-order chi connectivity index (χ1) is 10.2. The van der Waals surface area contributed by atoms with Gasteiger partial charge in [0.25, 0.3) is 0 Å². The predicted octanol–water partition coefficient (Wildman–Crippen LogP) is 4.52. The molecule has 1 heterocycles. The van der Waals surface area contributed by atoms with Crippen LogP contribution >= 0.6 is 0 Å². The van der Waals surface area contributed by atoms with E-state index in [0.29, 0.717) is 0 Å². The fourth-order valence-corrected chi connectivity index (χ4v) is 3.42. The second-order valence-corrected chi connectivity index (χ2v) is 6.06. The Bertz CT molecular complexity index is 745. The lowest BCUT2D eigenvalue weighted by Gasteiger charge is -2.24. The Balaban J connectivity index is 2.01. The lowest BCUT2D eigenvalue weighted by atomic mass is 9.82. The topological polar surface area (TPSA) is 35.2 Å². The van der Waals surface area contributed by atoms with Crippen molar-refractivity contribution in [2.24, 2.45) is 5.73 Å². The summed E-state index contributed by atoms with van der Waals surface area (Å²) in [5.41, 5.74) is 12.7. The Labute approximate surface area is 125 Å². The summed E-state index contributed by atoms with van der Waals surface area (Å²) in [7, 11) is 0. The largest absolute Gasteiger partial charge is 0.456 e. The van der Waals surface area contributed by atoms with E-state index in [2.05, 4.69) is 43.3 Å². The molecular weight excluding hydrogens is 258 g/mol. The van der Waals surface area contributed by atoms with Gasteiger partial charge in [-0.1, -0.05) is 30.3 Å². The summed E-state index contributed by atoms with van der Waals surface area (Å²) in [6.07, 6.45) is 3.02. The van der Waals surface area contributed by atoms with E-state index in [4.69, 9.17) is 10.5 Å². The maximum absolute atomic E-state index is 6.23. The number of hydrogen-bond donors (Lipinski definition) is 1. The zero-order valence-electron chi connectivity index (χ0n) is 12.2. The number of hydrogen-bond acceptors (Lipinski definition) is 2. The molecule has 1 aliphatic carbocycles. The minimum Gasteiger partial charge on any atom is -0.456 e. The average molecular weight is 277 g/mol. The van der Waals surface area contributed by atoms with Crippen LogP contribution in [0.2, 0.25) is 0 Å². The minimum atomic E-state index is 0.253. The van der Waals surface area contributed by atoms with Gasteiger partial charge in [0.15, 0.2) is 0 Å². The van der Waals surface area contributed by atoms with Crippen molar-refractivity contribution in [2.45, 2.75) is 32.2 Å². The van der Waals surface area contributed by atoms with E-state index in [1.165, 1.54) is 27.8 Å². The molecule has 1 unspecified atom stereocenters. The molecular formula is C19H19NO. The summed E-state index contributed by atoms with van der Waals surface area (Å²) in [4.78, 5) is 0. The molecule has 1 atom stereocenters. The molecule has 106 valence electrons. The van der Waals surface area contributed by atoms with Crippen molar-refractivity contribution in [1.29, 1.82) is 0 Å². The van der Waals surface area contributed by atoms with Crippen LogP contribution < -0.4 is 10.5 Å². The van der Waals surface area contributed by atoms with Crippen molar-refractivity contribution < 1.29 is 4.74 Å². The van der Waals surface area contributed by atoms with Gasteiger partial charge in [-0.3, -0.25) is 0 Å². The van der Waals surface area contributed by atoms with Gasteiger partial charge < -0.3 is 10.5 Å². The molecule has 0 bridgehead atoms. The third kappa shape index (κ3) is 2.07. The zero-order valence-corrected chi connectivity index (χ0v) is 12.2. The summed E-state index contributed by atoms with van der Waals surface area (Å²) in [6, 6.07) is 15.1. The number of nitrogens with two attached hydrogens (primary N) is 1. The first kappa shape index (κ1) is 12.7. The second kappa shape index (κ2) is 4.74. The lowest BCUT2D eigenvalue weighted by molar-refractivity contribution is 0.480. The van der Waals surface area contributed by atoms with Crippen LogP contribution in [0, 0.1) is 6.92 Å². The van der Waals surface area contributed by atoms with Crippen molar-refractivity contribution in [1.82, 2.24) is 0 Å². The minimum absolute atomic E-state index is 0.253. The Morgan fingerprint density at radius 2 is 1.81 bits per heavy atom. The highest BCUT2D eigenvalue weighted by molar-refractivity contribution is 5.96. The van der Waals surface area contributed by atoms with Gasteiger partial charge in [-0.2, -0.15) is 0 Å². The molecule has 0 saturated heterocycles. The van der Waals surface area contributed by atoms with Crippen LogP contribution in [0.1, 0.15) is 36.0 Å². The van der Waals surface area contributed by atoms with Crippen molar-refractivity contribution in [3.63, 3.8) is 0 Å². The summed E-state index contributed by atoms with van der Waals surface area (Å²) in [5, 5.41) is 0. The molecule has 21 heavy (non-hydrogen) atoms. The number of allylic oxidation sites excluding steroid dienone is 1. The van der Waals surface area contributed by atoms with Crippen molar-refractivity contribution >= 4 is 11.1 Å². The zero-order chi connectivity index (χ0) is 14.4. The normalized spacial score (nSPS) is 20.0. The second-order valence-electron chi connectivity index (χ2n) is 6.06. The Morgan fingerprint density at radius 3 is 2.71 bits per heavy atom. The number of benzene rings is 2. The van der Waals surface area contributed by atoms with E-state index in [1.54, 1.807) is 0 Å². The Morgan fingerprint density at radius 1 is 1.00 bits per heavy atom. The van der Waals surface area contributed by atoms with Crippen LogP contribution in [-0.2, 0) is 0 Å². The van der Waals surface area contributed by atoms with E-state index in [0.717, 1.165) is 30.8 Å². The number of para-hydroxylation sites is 1. The van der Waals surface area contributed by atoms with Crippen molar-refractivity contribution in [2.75, 3.05) is 0 Å². The van der Waals surface area contributed by atoms with Crippen LogP contribution in [-0.4, -0.2) is 6.04 Å². The molecule has 0 amide bonds. The average Bonchev–Trinajstić information content (AvgIpc) is 2.60. The smallest absolute Gasteiger partial charge is 0.135 e. The van der Waals surface area contributed by atoms with Gasteiger partial charge >= 0.3 is 0 Å². The van der Waals surface area contributed by atoms with Gasteiger partial charge in [0.1, 0.15) is 11.5 Å². The molecule has 2 aromatic rings. The highest BCUT2D eigenvalue weighted by Gasteiger charge is 2.27. The fraction of sp³-hybridized carbons (Fsp3) is 0.263. The number of ether oxygens (including phenoxy) is 1. The van der Waals surface area contributed by atoms with E-state index < -0.39 is 0 Å². The monoisotopic (exact) mass is 277 g/mol. The summed E-state index contributed by atoms with van der Waals surface area (Å²) < 4.78 is 6.23. The SMILES string of the molecule is Cc1ccc2c(c1)Oc1ccccc1C1=C2CC(N)CC1. The van der Waals surface area contributed by atoms with Gasteiger partial charge in [0.2, 0.25) is 0 Å². The molecule has 2 aliphatic rings. The molecule has 0 fully saturated rings. The summed E-state index contributed by atoms with van der Waals surface area (Å²) in [5.74, 6) is 1.92. The van der Waals surface area contributed by atoms with Crippen molar-refractivity contribution in [3.8, 4) is 11.5 Å². The molecule has 1 aliphatic heterocycles. The van der Waals surface area contributed by atoms with Gasteiger partial charge in [-0.05, 0) is 55.0 Å². The highest BCUT2D eigenvalue weighted by atomic mass is 16.5. The predicted molar refractivity (Wildman–Crippen MR) is 86.3 cm³/mol. The van der Waals surface area contributed by atoms with Gasteiger partial charge in [-0.15, -0.1) is 0 Å². The van der Waals surface area contributed by atoms with E-state index in [9.17, 15) is 0 Å². The third-order valence-corrected chi connectivity index (χ3v) is 4.49. The van der Waals surface area contributed by atoms with E-state index in [1.807, 2.05) is 6.07 Å². The molecule has 0 aromatic heterocycles. The summed E-state index contributed by atoms with van der Waals surface area (Å²) >= 11 is 0. The first-order valence-electron chi connectivity index (χ1n) is 7.58. The molecule has 0 saturated carbocycles. The highest BCUT2D eigenvalue weighted by Crippen LogP contribution is 2.47. The number of rotatable bonds is 0. The van der Waals surface area contributed by atoms with Crippen LogP contribution in [0.3, 0.4) is 0 Å². The van der Waals surface area contributed by atoms with Gasteiger partial charge in [0, 0.05) is 17.2 Å². The first-order valence-corrected chi connectivity index (χ1v) is 7.58. The molecule has 2 N–H and O–H groups in total.